The van der Waals surface area contributed by atoms with E-state index in [1.807, 2.05) is 37.3 Å². The third-order valence-electron chi connectivity index (χ3n) is 4.53. The number of rotatable bonds is 4. The second kappa shape index (κ2) is 7.61. The summed E-state index contributed by atoms with van der Waals surface area (Å²) < 4.78 is 5.05. The van der Waals surface area contributed by atoms with Gasteiger partial charge in [-0.2, -0.15) is 0 Å². The van der Waals surface area contributed by atoms with Gasteiger partial charge in [-0.25, -0.2) is 0 Å². The Morgan fingerprint density at radius 2 is 2.08 bits per heavy atom. The van der Waals surface area contributed by atoms with Gasteiger partial charge < -0.3 is 14.5 Å². The molecule has 6 nitrogen and oxygen atoms in total. The number of hydrogen-bond donors (Lipinski definition) is 0. The molecule has 0 radical (unpaired) electrons. The average Bonchev–Trinajstić information content (AvgIpc) is 2.80. The number of aryl methyl sites for hydroxylation is 1. The number of carbonyl (C=O) groups excluding carboxylic acids is 2. The third kappa shape index (κ3) is 3.79. The smallest absolute Gasteiger partial charge is 0.256 e. The van der Waals surface area contributed by atoms with E-state index in [4.69, 9.17) is 4.74 Å². The fourth-order valence-electron chi connectivity index (χ4n) is 3.13. The number of methoxy groups -OCH3 is 1. The largest absolute Gasteiger partial charge is 0.383 e. The number of fused-ring (bicyclic) bond motifs is 1. The number of carbonyl (C=O) groups is 2. The second-order valence-corrected chi connectivity index (χ2v) is 6.27. The first-order valence-electron chi connectivity index (χ1n) is 8.52. The summed E-state index contributed by atoms with van der Waals surface area (Å²) >= 11 is 0. The highest BCUT2D eigenvalue weighted by Crippen LogP contribution is 2.19. The summed E-state index contributed by atoms with van der Waals surface area (Å²) in [6, 6.07) is 9.60. The fourth-order valence-corrected chi connectivity index (χ4v) is 3.13. The van der Waals surface area contributed by atoms with Crippen LogP contribution >= 0.6 is 0 Å². The van der Waals surface area contributed by atoms with Crippen LogP contribution in [0.25, 0.3) is 10.9 Å². The number of benzene rings is 1. The lowest BCUT2D eigenvalue weighted by molar-refractivity contribution is -0.131. The summed E-state index contributed by atoms with van der Waals surface area (Å²) in [5.74, 6) is -0.160. The molecule has 0 aliphatic carbocycles. The highest BCUT2D eigenvalue weighted by molar-refractivity contribution is 6.00. The Balaban J connectivity index is 1.81. The molecule has 2 aromatic rings. The number of aromatic nitrogens is 1. The zero-order valence-corrected chi connectivity index (χ0v) is 14.7. The van der Waals surface area contributed by atoms with Gasteiger partial charge in [-0.05, 0) is 25.5 Å². The standard InChI is InChI=1S/C19H23N3O3/c1-14-16(12-15-6-3-4-7-17(15)20-14)19(24)22-9-5-8-21(10-11-25-2)18(23)13-22/h3-4,6-7,12H,5,8-11,13H2,1-2H3. The minimum Gasteiger partial charge on any atom is -0.383 e. The molecule has 1 aliphatic rings. The van der Waals surface area contributed by atoms with Crippen LogP contribution in [0.1, 0.15) is 22.5 Å². The summed E-state index contributed by atoms with van der Waals surface area (Å²) in [6.45, 7) is 4.24. The molecule has 1 aliphatic heterocycles. The molecule has 132 valence electrons. The maximum atomic E-state index is 13.0. The molecule has 0 atom stereocenters. The van der Waals surface area contributed by atoms with Crippen molar-refractivity contribution in [2.24, 2.45) is 0 Å². The van der Waals surface area contributed by atoms with Crippen molar-refractivity contribution in [2.75, 3.05) is 39.9 Å². The van der Waals surface area contributed by atoms with Gasteiger partial charge in [0, 0.05) is 32.1 Å². The zero-order chi connectivity index (χ0) is 17.8. The van der Waals surface area contributed by atoms with Crippen LogP contribution in [0.3, 0.4) is 0 Å². The molecule has 0 N–H and O–H groups in total. The van der Waals surface area contributed by atoms with Gasteiger partial charge in [0.15, 0.2) is 0 Å². The predicted molar refractivity (Wildman–Crippen MR) is 95.5 cm³/mol. The van der Waals surface area contributed by atoms with E-state index in [1.54, 1.807) is 16.9 Å². The molecule has 2 amide bonds. The van der Waals surface area contributed by atoms with E-state index in [-0.39, 0.29) is 18.4 Å². The molecule has 1 aromatic heterocycles. The summed E-state index contributed by atoms with van der Waals surface area (Å²) in [5.41, 5.74) is 2.13. The van der Waals surface area contributed by atoms with Crippen LogP contribution in [-0.2, 0) is 9.53 Å². The minimum atomic E-state index is -0.127. The summed E-state index contributed by atoms with van der Waals surface area (Å²) in [7, 11) is 1.62. The Labute approximate surface area is 147 Å². The van der Waals surface area contributed by atoms with Crippen molar-refractivity contribution in [3.05, 3.63) is 41.6 Å². The van der Waals surface area contributed by atoms with Crippen LogP contribution in [0, 0.1) is 6.92 Å². The van der Waals surface area contributed by atoms with Gasteiger partial charge >= 0.3 is 0 Å². The Kier molecular flexibility index (Phi) is 5.28. The lowest BCUT2D eigenvalue weighted by Crippen LogP contribution is -2.40. The van der Waals surface area contributed by atoms with Crippen LogP contribution in [-0.4, -0.2) is 66.5 Å². The van der Waals surface area contributed by atoms with Gasteiger partial charge in [-0.3, -0.25) is 14.6 Å². The molecule has 2 heterocycles. The molecule has 1 fully saturated rings. The molecule has 3 rings (SSSR count). The van der Waals surface area contributed by atoms with E-state index in [0.29, 0.717) is 37.5 Å². The van der Waals surface area contributed by atoms with Crippen LogP contribution in [0.15, 0.2) is 30.3 Å². The van der Waals surface area contributed by atoms with E-state index < -0.39 is 0 Å². The van der Waals surface area contributed by atoms with Crippen LogP contribution in [0.5, 0.6) is 0 Å². The average molecular weight is 341 g/mol. The number of nitrogens with zero attached hydrogens (tertiary/aromatic N) is 3. The van der Waals surface area contributed by atoms with Crippen molar-refractivity contribution in [2.45, 2.75) is 13.3 Å². The van der Waals surface area contributed by atoms with Crippen LogP contribution in [0.2, 0.25) is 0 Å². The number of amides is 2. The molecular formula is C19H23N3O3. The Bertz CT molecular complexity index is 791. The van der Waals surface area contributed by atoms with Gasteiger partial charge in [-0.1, -0.05) is 18.2 Å². The number of hydrogen-bond acceptors (Lipinski definition) is 4. The van der Waals surface area contributed by atoms with E-state index in [2.05, 4.69) is 4.98 Å². The monoisotopic (exact) mass is 341 g/mol. The summed E-state index contributed by atoms with van der Waals surface area (Å²) in [6.07, 6.45) is 0.765. The van der Waals surface area contributed by atoms with Crippen molar-refractivity contribution in [3.63, 3.8) is 0 Å². The Morgan fingerprint density at radius 1 is 1.28 bits per heavy atom. The van der Waals surface area contributed by atoms with Crippen molar-refractivity contribution < 1.29 is 14.3 Å². The highest BCUT2D eigenvalue weighted by atomic mass is 16.5. The van der Waals surface area contributed by atoms with Crippen molar-refractivity contribution in [1.29, 1.82) is 0 Å². The lowest BCUT2D eigenvalue weighted by Gasteiger charge is -2.22. The van der Waals surface area contributed by atoms with Gasteiger partial charge in [0.1, 0.15) is 6.54 Å². The zero-order valence-electron chi connectivity index (χ0n) is 14.7. The second-order valence-electron chi connectivity index (χ2n) is 6.27. The molecule has 0 saturated carbocycles. The third-order valence-corrected chi connectivity index (χ3v) is 4.53. The molecule has 0 unspecified atom stereocenters. The first-order valence-corrected chi connectivity index (χ1v) is 8.52. The maximum Gasteiger partial charge on any atom is 0.256 e. The molecular weight excluding hydrogens is 318 g/mol. The number of ether oxygens (including phenoxy) is 1. The normalized spacial score (nSPS) is 15.5. The van der Waals surface area contributed by atoms with Crippen molar-refractivity contribution >= 4 is 22.7 Å². The quantitative estimate of drug-likeness (QED) is 0.852. The number of pyridine rings is 1. The van der Waals surface area contributed by atoms with Gasteiger partial charge in [-0.15, -0.1) is 0 Å². The summed E-state index contributed by atoms with van der Waals surface area (Å²) in [4.78, 5) is 33.3. The molecule has 0 bridgehead atoms. The van der Waals surface area contributed by atoms with Crippen LogP contribution < -0.4 is 0 Å². The van der Waals surface area contributed by atoms with Crippen molar-refractivity contribution in [1.82, 2.24) is 14.8 Å². The first kappa shape index (κ1) is 17.4. The lowest BCUT2D eigenvalue weighted by atomic mass is 10.1. The van der Waals surface area contributed by atoms with Crippen LogP contribution in [0.4, 0.5) is 0 Å². The van der Waals surface area contributed by atoms with E-state index >= 15 is 0 Å². The Hall–Kier alpha value is -2.47. The SMILES string of the molecule is COCCN1CCCN(C(=O)c2cc3ccccc3nc2C)CC1=O. The highest BCUT2D eigenvalue weighted by Gasteiger charge is 2.26. The van der Waals surface area contributed by atoms with Gasteiger partial charge in [0.2, 0.25) is 5.91 Å². The number of para-hydroxylation sites is 1. The molecule has 1 saturated heterocycles. The van der Waals surface area contributed by atoms with E-state index in [9.17, 15) is 9.59 Å². The molecule has 6 heteroatoms. The Morgan fingerprint density at radius 3 is 2.88 bits per heavy atom. The fraction of sp³-hybridized carbons (Fsp3) is 0.421. The van der Waals surface area contributed by atoms with Gasteiger partial charge in [0.25, 0.3) is 5.91 Å². The summed E-state index contributed by atoms with van der Waals surface area (Å²) in [5, 5.41) is 0.930. The van der Waals surface area contributed by atoms with E-state index in [0.717, 1.165) is 17.3 Å². The maximum absolute atomic E-state index is 13.0. The predicted octanol–water partition coefficient (Wildman–Crippen LogP) is 1.86. The van der Waals surface area contributed by atoms with Gasteiger partial charge in [0.05, 0.1) is 23.4 Å². The topological polar surface area (TPSA) is 62.7 Å². The molecule has 25 heavy (non-hydrogen) atoms. The molecule has 0 spiro atoms. The van der Waals surface area contributed by atoms with Crippen molar-refractivity contribution in [3.8, 4) is 0 Å². The molecule has 1 aromatic carbocycles. The first-order chi connectivity index (χ1) is 12.1. The minimum absolute atomic E-state index is 0.0331. The van der Waals surface area contributed by atoms with E-state index in [1.165, 1.54) is 0 Å².